The molecule has 2 aromatic rings. The van der Waals surface area contributed by atoms with Crippen molar-refractivity contribution in [3.63, 3.8) is 0 Å². The van der Waals surface area contributed by atoms with Crippen LogP contribution in [0.1, 0.15) is 23.7 Å². The van der Waals surface area contributed by atoms with E-state index in [4.69, 9.17) is 11.6 Å². The van der Waals surface area contributed by atoms with Crippen LogP contribution >= 0.6 is 11.6 Å². The first-order valence-corrected chi connectivity index (χ1v) is 5.56. The smallest absolute Gasteiger partial charge is 0.135 e. The molecule has 0 atom stereocenters. The fourth-order valence-electron chi connectivity index (χ4n) is 1.62. The zero-order chi connectivity index (χ0) is 11.4. The van der Waals surface area contributed by atoms with E-state index in [-0.39, 0.29) is 0 Å². The molecule has 16 heavy (non-hydrogen) atoms. The third-order valence-electron chi connectivity index (χ3n) is 2.43. The Bertz CT molecular complexity index is 471. The Balaban J connectivity index is 2.31. The van der Waals surface area contributed by atoms with Gasteiger partial charge in [0, 0.05) is 24.4 Å². The van der Waals surface area contributed by atoms with Crippen molar-refractivity contribution in [2.45, 2.75) is 19.8 Å². The van der Waals surface area contributed by atoms with Crippen molar-refractivity contribution < 1.29 is 0 Å². The summed E-state index contributed by atoms with van der Waals surface area (Å²) in [5.74, 6) is 0. The van der Waals surface area contributed by atoms with E-state index in [0.29, 0.717) is 5.15 Å². The highest BCUT2D eigenvalue weighted by Gasteiger charge is 2.08. The van der Waals surface area contributed by atoms with Crippen molar-refractivity contribution in [2.24, 2.45) is 0 Å². The topological polar surface area (TPSA) is 38.7 Å². The van der Waals surface area contributed by atoms with Gasteiger partial charge in [0.1, 0.15) is 11.5 Å². The molecule has 0 amide bonds. The molecular formula is C12H12ClN3. The molecule has 3 nitrogen and oxygen atoms in total. The van der Waals surface area contributed by atoms with Crippen LogP contribution < -0.4 is 0 Å². The van der Waals surface area contributed by atoms with Gasteiger partial charge in [-0.05, 0) is 18.1 Å². The molecule has 0 aliphatic rings. The summed E-state index contributed by atoms with van der Waals surface area (Å²) in [4.78, 5) is 12.4. The fraction of sp³-hybridized carbons (Fsp3) is 0.250. The van der Waals surface area contributed by atoms with Gasteiger partial charge >= 0.3 is 0 Å². The number of pyridine rings is 1. The quantitative estimate of drug-likeness (QED) is 0.766. The van der Waals surface area contributed by atoms with Gasteiger partial charge < -0.3 is 0 Å². The molecule has 0 aromatic carbocycles. The summed E-state index contributed by atoms with van der Waals surface area (Å²) in [6.07, 6.45) is 6.70. The molecular weight excluding hydrogens is 222 g/mol. The first kappa shape index (κ1) is 11.0. The summed E-state index contributed by atoms with van der Waals surface area (Å²) >= 11 is 6.03. The van der Waals surface area contributed by atoms with Crippen molar-refractivity contribution in [1.29, 1.82) is 0 Å². The third-order valence-corrected chi connectivity index (χ3v) is 2.76. The predicted molar refractivity (Wildman–Crippen MR) is 63.5 cm³/mol. The van der Waals surface area contributed by atoms with Gasteiger partial charge in [0.25, 0.3) is 0 Å². The van der Waals surface area contributed by atoms with Gasteiger partial charge in [0.15, 0.2) is 0 Å². The van der Waals surface area contributed by atoms with Crippen LogP contribution in [0.15, 0.2) is 30.9 Å². The minimum Gasteiger partial charge on any atom is -0.264 e. The fourth-order valence-corrected chi connectivity index (χ4v) is 1.91. The summed E-state index contributed by atoms with van der Waals surface area (Å²) in [5, 5.41) is 0.552. The monoisotopic (exact) mass is 233 g/mol. The van der Waals surface area contributed by atoms with Crippen molar-refractivity contribution in [2.75, 3.05) is 0 Å². The summed E-state index contributed by atoms with van der Waals surface area (Å²) in [7, 11) is 0. The van der Waals surface area contributed by atoms with E-state index in [1.165, 1.54) is 6.33 Å². The lowest BCUT2D eigenvalue weighted by Crippen LogP contribution is -2.01. The molecule has 82 valence electrons. The molecule has 2 rings (SSSR count). The average molecular weight is 234 g/mol. The first-order valence-electron chi connectivity index (χ1n) is 5.18. The molecule has 0 saturated heterocycles. The third kappa shape index (κ3) is 2.36. The Hall–Kier alpha value is -1.48. The maximum atomic E-state index is 6.03. The van der Waals surface area contributed by atoms with Crippen LogP contribution in [0.2, 0.25) is 5.15 Å². The maximum absolute atomic E-state index is 6.03. The molecule has 2 aromatic heterocycles. The Labute approximate surface area is 99.5 Å². The summed E-state index contributed by atoms with van der Waals surface area (Å²) in [5.41, 5.74) is 3.13. The van der Waals surface area contributed by atoms with E-state index in [9.17, 15) is 0 Å². The maximum Gasteiger partial charge on any atom is 0.135 e. The van der Waals surface area contributed by atoms with Crippen LogP contribution in [0.3, 0.4) is 0 Å². The first-order chi connectivity index (χ1) is 7.81. The van der Waals surface area contributed by atoms with Crippen LogP contribution in [-0.4, -0.2) is 15.0 Å². The summed E-state index contributed by atoms with van der Waals surface area (Å²) < 4.78 is 0. The molecule has 0 radical (unpaired) electrons. The molecule has 0 bridgehead atoms. The zero-order valence-electron chi connectivity index (χ0n) is 9.02. The molecule has 0 fully saturated rings. The number of hydrogen-bond acceptors (Lipinski definition) is 3. The van der Waals surface area contributed by atoms with Crippen LogP contribution in [0.4, 0.5) is 0 Å². The van der Waals surface area contributed by atoms with E-state index in [1.807, 2.05) is 18.3 Å². The molecule has 0 spiro atoms. The van der Waals surface area contributed by atoms with Crippen LogP contribution in [-0.2, 0) is 12.8 Å². The Morgan fingerprint density at radius 1 is 1.31 bits per heavy atom. The van der Waals surface area contributed by atoms with Crippen LogP contribution in [0.25, 0.3) is 0 Å². The van der Waals surface area contributed by atoms with Crippen LogP contribution in [0.5, 0.6) is 0 Å². The molecule has 0 unspecified atom stereocenters. The second-order valence-corrected chi connectivity index (χ2v) is 3.84. The second kappa shape index (κ2) is 5.03. The van der Waals surface area contributed by atoms with Gasteiger partial charge in [-0.2, -0.15) is 0 Å². The largest absolute Gasteiger partial charge is 0.264 e. The van der Waals surface area contributed by atoms with E-state index in [0.717, 1.165) is 29.7 Å². The normalized spacial score (nSPS) is 10.4. The highest BCUT2D eigenvalue weighted by Crippen LogP contribution is 2.18. The Kier molecular flexibility index (Phi) is 3.47. The minimum atomic E-state index is 0.552. The van der Waals surface area contributed by atoms with E-state index in [2.05, 4.69) is 21.9 Å². The van der Waals surface area contributed by atoms with Crippen molar-refractivity contribution >= 4 is 11.6 Å². The minimum absolute atomic E-state index is 0.552. The zero-order valence-corrected chi connectivity index (χ0v) is 9.78. The number of hydrogen-bond donors (Lipinski definition) is 0. The molecule has 4 heteroatoms. The number of halogens is 1. The summed E-state index contributed by atoms with van der Waals surface area (Å²) in [6.45, 7) is 2.05. The lowest BCUT2D eigenvalue weighted by molar-refractivity contribution is 0.945. The Morgan fingerprint density at radius 2 is 2.19 bits per heavy atom. The second-order valence-electron chi connectivity index (χ2n) is 3.48. The van der Waals surface area contributed by atoms with Gasteiger partial charge in [-0.25, -0.2) is 9.97 Å². The predicted octanol–water partition coefficient (Wildman–Crippen LogP) is 2.68. The lowest BCUT2D eigenvalue weighted by Gasteiger charge is -2.07. The van der Waals surface area contributed by atoms with Gasteiger partial charge in [-0.3, -0.25) is 4.98 Å². The molecule has 0 N–H and O–H groups in total. The Morgan fingerprint density at radius 3 is 2.88 bits per heavy atom. The number of rotatable bonds is 3. The lowest BCUT2D eigenvalue weighted by atomic mass is 10.1. The molecule has 0 aliphatic carbocycles. The van der Waals surface area contributed by atoms with Crippen molar-refractivity contribution in [1.82, 2.24) is 15.0 Å². The highest BCUT2D eigenvalue weighted by molar-refractivity contribution is 6.30. The van der Waals surface area contributed by atoms with E-state index < -0.39 is 0 Å². The standard InChI is InChI=1S/C12H12ClN3/c1-2-10-11(15-8-16-12(10)13)6-9-4-3-5-14-7-9/h3-5,7-8H,2,6H2,1H3. The van der Waals surface area contributed by atoms with Gasteiger partial charge in [0.2, 0.25) is 0 Å². The number of nitrogens with zero attached hydrogens (tertiary/aromatic N) is 3. The highest BCUT2D eigenvalue weighted by atomic mass is 35.5. The van der Waals surface area contributed by atoms with Crippen molar-refractivity contribution in [3.05, 3.63) is 52.8 Å². The summed E-state index contributed by atoms with van der Waals surface area (Å²) in [6, 6.07) is 3.95. The van der Waals surface area contributed by atoms with Gasteiger partial charge in [-0.15, -0.1) is 0 Å². The van der Waals surface area contributed by atoms with Gasteiger partial charge in [0.05, 0.1) is 5.69 Å². The van der Waals surface area contributed by atoms with E-state index >= 15 is 0 Å². The molecule has 0 aliphatic heterocycles. The molecule has 2 heterocycles. The average Bonchev–Trinajstić information content (AvgIpc) is 2.31. The van der Waals surface area contributed by atoms with Gasteiger partial charge in [-0.1, -0.05) is 24.6 Å². The van der Waals surface area contributed by atoms with Crippen LogP contribution in [0, 0.1) is 0 Å². The number of aromatic nitrogens is 3. The SMILES string of the molecule is CCc1c(Cl)ncnc1Cc1cccnc1. The van der Waals surface area contributed by atoms with Crippen molar-refractivity contribution in [3.8, 4) is 0 Å². The molecule has 0 saturated carbocycles. The van der Waals surface area contributed by atoms with E-state index in [1.54, 1.807) is 6.20 Å².